The van der Waals surface area contributed by atoms with Crippen LogP contribution in [0, 0.1) is 0 Å². The number of carbonyl (C=O) groups excluding carboxylic acids is 1. The van der Waals surface area contributed by atoms with Crippen LogP contribution in [-0.4, -0.2) is 30.8 Å². The third-order valence-electron chi connectivity index (χ3n) is 3.01. The fraction of sp³-hybridized carbons (Fsp3) is 0.267. The number of ether oxygens (including phenoxy) is 1. The Hall–Kier alpha value is -1.93. The highest BCUT2D eigenvalue weighted by Gasteiger charge is 2.33. The molecule has 1 aromatic carbocycles. The van der Waals surface area contributed by atoms with E-state index in [1.165, 1.54) is 30.6 Å². The van der Waals surface area contributed by atoms with E-state index >= 15 is 0 Å². The number of urea groups is 1. The number of methoxy groups -OCH3 is 1. The van der Waals surface area contributed by atoms with Gasteiger partial charge in [-0.2, -0.15) is 24.5 Å². The van der Waals surface area contributed by atoms with Gasteiger partial charge in [0.25, 0.3) is 0 Å². The van der Waals surface area contributed by atoms with E-state index in [2.05, 4.69) is 5.32 Å². The van der Waals surface area contributed by atoms with Crippen molar-refractivity contribution in [3.05, 3.63) is 45.6 Å². The summed E-state index contributed by atoms with van der Waals surface area (Å²) in [5.74, 6) is 0.301. The molecule has 0 spiro atoms. The van der Waals surface area contributed by atoms with Crippen LogP contribution in [0.2, 0.25) is 5.02 Å². The molecule has 4 nitrogen and oxygen atoms in total. The van der Waals surface area contributed by atoms with E-state index in [0.29, 0.717) is 21.2 Å². The molecular formula is C15H14ClF3N2O2S. The van der Waals surface area contributed by atoms with Gasteiger partial charge in [0, 0.05) is 11.6 Å². The third-order valence-corrected chi connectivity index (χ3v) is 3.98. The number of nitrogens with zero attached hydrogens (tertiary/aromatic N) is 1. The smallest absolute Gasteiger partial charge is 0.406 e. The topological polar surface area (TPSA) is 41.6 Å². The average molecular weight is 379 g/mol. The first-order valence-corrected chi connectivity index (χ1v) is 8.08. The highest BCUT2D eigenvalue weighted by molar-refractivity contribution is 7.07. The van der Waals surface area contributed by atoms with Gasteiger partial charge < -0.3 is 15.0 Å². The Bertz CT molecular complexity index is 693. The van der Waals surface area contributed by atoms with Gasteiger partial charge in [-0.05, 0) is 40.6 Å². The van der Waals surface area contributed by atoms with Gasteiger partial charge in [-0.3, -0.25) is 0 Å². The van der Waals surface area contributed by atoms with Crippen LogP contribution in [0.4, 0.5) is 23.7 Å². The molecule has 0 atom stereocenters. The third kappa shape index (κ3) is 5.31. The van der Waals surface area contributed by atoms with E-state index in [4.69, 9.17) is 16.3 Å². The number of amides is 2. The molecule has 0 saturated carbocycles. The summed E-state index contributed by atoms with van der Waals surface area (Å²) in [6.07, 6.45) is -4.51. The van der Waals surface area contributed by atoms with Crippen molar-refractivity contribution in [2.75, 3.05) is 19.0 Å². The van der Waals surface area contributed by atoms with Gasteiger partial charge in [0.05, 0.1) is 12.8 Å². The van der Waals surface area contributed by atoms with Crippen molar-refractivity contribution in [3.8, 4) is 5.75 Å². The van der Waals surface area contributed by atoms with Gasteiger partial charge in [0.15, 0.2) is 0 Å². The molecule has 0 unspecified atom stereocenters. The number of alkyl halides is 3. The monoisotopic (exact) mass is 378 g/mol. The van der Waals surface area contributed by atoms with Crippen LogP contribution in [0.5, 0.6) is 5.75 Å². The van der Waals surface area contributed by atoms with Crippen molar-refractivity contribution in [1.29, 1.82) is 0 Å². The lowest BCUT2D eigenvalue weighted by Crippen LogP contribution is -2.41. The number of benzene rings is 1. The Labute approximate surface area is 145 Å². The maximum atomic E-state index is 12.8. The normalized spacial score (nSPS) is 11.2. The predicted octanol–water partition coefficient (Wildman–Crippen LogP) is 5.01. The van der Waals surface area contributed by atoms with E-state index in [1.807, 2.05) is 0 Å². The minimum atomic E-state index is -4.51. The number of rotatable bonds is 5. The first-order chi connectivity index (χ1) is 11.3. The van der Waals surface area contributed by atoms with Crippen LogP contribution >= 0.6 is 22.9 Å². The Morgan fingerprint density at radius 1 is 1.38 bits per heavy atom. The molecule has 0 saturated heterocycles. The van der Waals surface area contributed by atoms with Gasteiger partial charge in [-0.25, -0.2) is 4.79 Å². The van der Waals surface area contributed by atoms with Gasteiger partial charge in [0.1, 0.15) is 12.3 Å². The molecule has 0 aliphatic carbocycles. The number of anilines is 1. The number of nitrogens with one attached hydrogen (secondary N) is 1. The van der Waals surface area contributed by atoms with Crippen molar-refractivity contribution >= 4 is 34.7 Å². The maximum Gasteiger partial charge on any atom is 0.406 e. The lowest BCUT2D eigenvalue weighted by atomic mass is 10.3. The molecule has 130 valence electrons. The number of thiophene rings is 1. The molecule has 0 bridgehead atoms. The number of carbonyl (C=O) groups is 1. The van der Waals surface area contributed by atoms with Crippen molar-refractivity contribution < 1.29 is 22.7 Å². The van der Waals surface area contributed by atoms with Gasteiger partial charge in [-0.1, -0.05) is 11.6 Å². The van der Waals surface area contributed by atoms with Crippen LogP contribution in [0.15, 0.2) is 35.0 Å². The van der Waals surface area contributed by atoms with Gasteiger partial charge >= 0.3 is 12.2 Å². The molecule has 9 heteroatoms. The van der Waals surface area contributed by atoms with Crippen LogP contribution in [0.25, 0.3) is 0 Å². The zero-order valence-electron chi connectivity index (χ0n) is 12.6. The fourth-order valence-corrected chi connectivity index (χ4v) is 2.82. The summed E-state index contributed by atoms with van der Waals surface area (Å²) < 4.78 is 43.4. The van der Waals surface area contributed by atoms with Crippen molar-refractivity contribution in [2.45, 2.75) is 12.7 Å². The largest absolute Gasteiger partial charge is 0.495 e. The summed E-state index contributed by atoms with van der Waals surface area (Å²) in [6, 6.07) is 5.26. The SMILES string of the molecule is COc1ccc(Cl)cc1NC(=O)N(Cc1ccsc1)CC(F)(F)F. The van der Waals surface area contributed by atoms with Crippen molar-refractivity contribution in [1.82, 2.24) is 4.90 Å². The molecule has 1 N–H and O–H groups in total. The lowest BCUT2D eigenvalue weighted by molar-refractivity contribution is -0.140. The van der Waals surface area contributed by atoms with Crippen LogP contribution < -0.4 is 10.1 Å². The number of hydrogen-bond acceptors (Lipinski definition) is 3. The van der Waals surface area contributed by atoms with Crippen molar-refractivity contribution in [2.24, 2.45) is 0 Å². The summed E-state index contributed by atoms with van der Waals surface area (Å²) in [6.45, 7) is -1.52. The van der Waals surface area contributed by atoms with Gasteiger partial charge in [-0.15, -0.1) is 0 Å². The first-order valence-electron chi connectivity index (χ1n) is 6.76. The second kappa shape index (κ2) is 7.76. The van der Waals surface area contributed by atoms with Crippen LogP contribution in [0.3, 0.4) is 0 Å². The van der Waals surface area contributed by atoms with E-state index in [0.717, 1.165) is 0 Å². The van der Waals surface area contributed by atoms with Crippen molar-refractivity contribution in [3.63, 3.8) is 0 Å². The van der Waals surface area contributed by atoms with Crippen LogP contribution in [-0.2, 0) is 6.54 Å². The molecule has 2 rings (SSSR count). The molecule has 0 aliphatic rings. The molecule has 24 heavy (non-hydrogen) atoms. The second-order valence-corrected chi connectivity index (χ2v) is 6.09. The maximum absolute atomic E-state index is 12.8. The lowest BCUT2D eigenvalue weighted by Gasteiger charge is -2.24. The predicted molar refractivity (Wildman–Crippen MR) is 87.8 cm³/mol. The van der Waals surface area contributed by atoms with E-state index in [1.54, 1.807) is 22.9 Å². The Morgan fingerprint density at radius 2 is 2.12 bits per heavy atom. The summed E-state index contributed by atoms with van der Waals surface area (Å²) >= 11 is 7.21. The Morgan fingerprint density at radius 3 is 2.71 bits per heavy atom. The zero-order valence-corrected chi connectivity index (χ0v) is 14.1. The minimum Gasteiger partial charge on any atom is -0.495 e. The second-order valence-electron chi connectivity index (χ2n) is 4.88. The van der Waals surface area contributed by atoms with E-state index < -0.39 is 18.8 Å². The molecule has 0 aliphatic heterocycles. The molecular weight excluding hydrogens is 365 g/mol. The molecule has 1 aromatic heterocycles. The zero-order chi connectivity index (χ0) is 17.7. The molecule has 0 radical (unpaired) electrons. The Kier molecular flexibility index (Phi) is 5.95. The Balaban J connectivity index is 2.19. The average Bonchev–Trinajstić information content (AvgIpc) is 2.98. The fourth-order valence-electron chi connectivity index (χ4n) is 1.99. The molecule has 0 fully saturated rings. The molecule has 1 heterocycles. The van der Waals surface area contributed by atoms with E-state index in [9.17, 15) is 18.0 Å². The molecule has 2 aromatic rings. The summed E-state index contributed by atoms with van der Waals surface area (Å²) in [5.41, 5.74) is 0.824. The van der Waals surface area contributed by atoms with Gasteiger partial charge in [0.2, 0.25) is 0 Å². The minimum absolute atomic E-state index is 0.155. The summed E-state index contributed by atoms with van der Waals surface area (Å²) in [5, 5.41) is 6.17. The van der Waals surface area contributed by atoms with Crippen LogP contribution in [0.1, 0.15) is 5.56 Å². The number of halogens is 4. The highest BCUT2D eigenvalue weighted by atomic mass is 35.5. The first kappa shape index (κ1) is 18.4. The quantitative estimate of drug-likeness (QED) is 0.794. The number of hydrogen-bond donors (Lipinski definition) is 1. The summed E-state index contributed by atoms with van der Waals surface area (Å²) in [7, 11) is 1.39. The summed E-state index contributed by atoms with van der Waals surface area (Å²) in [4.78, 5) is 13.0. The highest BCUT2D eigenvalue weighted by Crippen LogP contribution is 2.28. The standard InChI is InChI=1S/C15H14ClF3N2O2S/c1-23-13-3-2-11(16)6-12(13)20-14(22)21(9-15(17,18)19)7-10-4-5-24-8-10/h2-6,8H,7,9H2,1H3,(H,20,22). The van der Waals surface area contributed by atoms with E-state index in [-0.39, 0.29) is 12.2 Å². The molecule has 2 amide bonds.